The Labute approximate surface area is 132 Å². The molecule has 0 N–H and O–H groups in total. The van der Waals surface area contributed by atoms with Crippen molar-refractivity contribution < 1.29 is 9.31 Å². The Morgan fingerprint density at radius 3 is 2.76 bits per heavy atom. The van der Waals surface area contributed by atoms with Crippen molar-refractivity contribution in [3.8, 4) is 11.5 Å². The average Bonchev–Trinajstić information content (AvgIpc) is 2.92. The maximum absolute atomic E-state index is 6.04. The summed E-state index contributed by atoms with van der Waals surface area (Å²) >= 11 is 3.50. The SMILES string of the molecule is CC(C)(C)c1ccnc2c1OB1Oc3ccc(Br)cc3N12. The summed E-state index contributed by atoms with van der Waals surface area (Å²) in [5.41, 5.74) is 2.11. The van der Waals surface area contributed by atoms with Gasteiger partial charge in [0.2, 0.25) is 0 Å². The minimum absolute atomic E-state index is 0.00706. The van der Waals surface area contributed by atoms with Crippen LogP contribution in [-0.4, -0.2) is 12.2 Å². The van der Waals surface area contributed by atoms with Crippen LogP contribution in [-0.2, 0) is 5.41 Å². The van der Waals surface area contributed by atoms with E-state index >= 15 is 0 Å². The molecule has 0 amide bonds. The molecule has 2 aliphatic heterocycles. The molecule has 0 atom stereocenters. The lowest BCUT2D eigenvalue weighted by atomic mass is 9.87. The molecule has 0 saturated carbocycles. The Kier molecular flexibility index (Phi) is 2.58. The van der Waals surface area contributed by atoms with Crippen LogP contribution in [0.4, 0.5) is 11.5 Å². The van der Waals surface area contributed by atoms with E-state index in [0.29, 0.717) is 0 Å². The number of rotatable bonds is 0. The zero-order chi connectivity index (χ0) is 14.8. The fourth-order valence-electron chi connectivity index (χ4n) is 2.76. The fraction of sp³-hybridized carbons (Fsp3) is 0.267. The molecule has 0 bridgehead atoms. The summed E-state index contributed by atoms with van der Waals surface area (Å²) in [5.74, 6) is 2.46. The molecule has 2 aromatic rings. The molecule has 106 valence electrons. The van der Waals surface area contributed by atoms with Crippen LogP contribution in [0.2, 0.25) is 0 Å². The summed E-state index contributed by atoms with van der Waals surface area (Å²) in [6, 6.07) is 7.94. The smallest absolute Gasteiger partial charge is 0.505 e. The van der Waals surface area contributed by atoms with Crippen LogP contribution in [0.1, 0.15) is 26.3 Å². The molecule has 0 aliphatic carbocycles. The third-order valence-electron chi connectivity index (χ3n) is 3.76. The molecule has 4 nitrogen and oxygen atoms in total. The number of aromatic nitrogens is 1. The highest BCUT2D eigenvalue weighted by Gasteiger charge is 2.51. The number of fused-ring (bicyclic) bond motifs is 5. The third-order valence-corrected chi connectivity index (χ3v) is 4.25. The van der Waals surface area contributed by atoms with E-state index in [4.69, 9.17) is 9.31 Å². The molecule has 0 fully saturated rings. The number of hydrogen-bond acceptors (Lipinski definition) is 4. The van der Waals surface area contributed by atoms with Crippen molar-refractivity contribution in [2.75, 3.05) is 4.81 Å². The molecule has 0 spiro atoms. The maximum Gasteiger partial charge on any atom is 0.744 e. The first kappa shape index (κ1) is 13.0. The second kappa shape index (κ2) is 4.16. The first-order valence-electron chi connectivity index (χ1n) is 6.87. The monoisotopic (exact) mass is 344 g/mol. The minimum atomic E-state index is -0.458. The molecule has 3 heterocycles. The molecule has 0 unspecified atom stereocenters. The number of benzene rings is 1. The van der Waals surface area contributed by atoms with Crippen molar-refractivity contribution >= 4 is 34.7 Å². The van der Waals surface area contributed by atoms with Crippen LogP contribution in [0.5, 0.6) is 11.5 Å². The summed E-state index contributed by atoms with van der Waals surface area (Å²) in [4.78, 5) is 6.51. The Bertz CT molecular complexity index is 745. The molecule has 0 saturated heterocycles. The van der Waals surface area contributed by atoms with Gasteiger partial charge in [-0.2, -0.15) is 0 Å². The quantitative estimate of drug-likeness (QED) is 0.675. The summed E-state index contributed by atoms with van der Waals surface area (Å²) in [5, 5.41) is 0. The van der Waals surface area contributed by atoms with E-state index in [9.17, 15) is 0 Å². The Hall–Kier alpha value is -1.69. The lowest BCUT2D eigenvalue weighted by Crippen LogP contribution is -2.36. The van der Waals surface area contributed by atoms with Crippen molar-refractivity contribution in [1.29, 1.82) is 0 Å². The first-order chi connectivity index (χ1) is 9.95. The van der Waals surface area contributed by atoms with E-state index in [0.717, 1.165) is 33.0 Å². The van der Waals surface area contributed by atoms with Crippen LogP contribution in [0.15, 0.2) is 34.9 Å². The van der Waals surface area contributed by atoms with Crippen LogP contribution in [0.3, 0.4) is 0 Å². The van der Waals surface area contributed by atoms with Crippen molar-refractivity contribution in [2.45, 2.75) is 26.2 Å². The number of hydrogen-bond donors (Lipinski definition) is 0. The van der Waals surface area contributed by atoms with E-state index in [1.165, 1.54) is 0 Å². The standard InChI is InChI=1S/C15H14BBrN2O2/c1-15(2,3)10-6-7-18-14-13(10)21-16-19(14)11-8-9(17)4-5-12(11)20-16/h4-8H,1-3H3. The number of pyridine rings is 1. The maximum atomic E-state index is 6.04. The molecule has 21 heavy (non-hydrogen) atoms. The van der Waals surface area contributed by atoms with Gasteiger partial charge >= 0.3 is 7.25 Å². The lowest BCUT2D eigenvalue weighted by molar-refractivity contribution is 0.440. The molecule has 6 heteroatoms. The van der Waals surface area contributed by atoms with Crippen molar-refractivity contribution in [2.24, 2.45) is 0 Å². The molecule has 1 aromatic carbocycles. The second-order valence-corrected chi connectivity index (χ2v) is 7.20. The van der Waals surface area contributed by atoms with E-state index in [1.807, 2.05) is 35.3 Å². The predicted molar refractivity (Wildman–Crippen MR) is 86.2 cm³/mol. The highest BCUT2D eigenvalue weighted by atomic mass is 79.9. The molecular weight excluding hydrogens is 331 g/mol. The van der Waals surface area contributed by atoms with Gasteiger partial charge in [0.15, 0.2) is 5.82 Å². The number of halogens is 1. The van der Waals surface area contributed by atoms with Gasteiger partial charge in [0.05, 0.1) is 5.69 Å². The predicted octanol–water partition coefficient (Wildman–Crippen LogP) is 4.05. The highest BCUT2D eigenvalue weighted by molar-refractivity contribution is 9.10. The molecule has 4 rings (SSSR count). The molecule has 2 aliphatic rings. The van der Waals surface area contributed by atoms with Gasteiger partial charge in [-0.15, -0.1) is 0 Å². The summed E-state index contributed by atoms with van der Waals surface area (Å²) in [7, 11) is -0.458. The van der Waals surface area contributed by atoms with Gasteiger partial charge in [0.1, 0.15) is 11.5 Å². The van der Waals surface area contributed by atoms with E-state index < -0.39 is 7.25 Å². The van der Waals surface area contributed by atoms with Gasteiger partial charge in [-0.1, -0.05) is 36.7 Å². The highest BCUT2D eigenvalue weighted by Crippen LogP contribution is 2.50. The fourth-order valence-corrected chi connectivity index (χ4v) is 3.11. The number of nitrogens with zero attached hydrogens (tertiary/aromatic N) is 2. The van der Waals surface area contributed by atoms with Gasteiger partial charge in [0.25, 0.3) is 0 Å². The Morgan fingerprint density at radius 1 is 1.19 bits per heavy atom. The Morgan fingerprint density at radius 2 is 2.00 bits per heavy atom. The normalized spacial score (nSPS) is 15.2. The van der Waals surface area contributed by atoms with Crippen LogP contribution in [0, 0.1) is 0 Å². The molecule has 0 radical (unpaired) electrons. The molecular formula is C15H14BBrN2O2. The zero-order valence-corrected chi connectivity index (χ0v) is 13.6. The number of anilines is 2. The van der Waals surface area contributed by atoms with Crippen LogP contribution >= 0.6 is 15.9 Å². The second-order valence-electron chi connectivity index (χ2n) is 6.29. The first-order valence-corrected chi connectivity index (χ1v) is 7.66. The Balaban J connectivity index is 1.89. The van der Waals surface area contributed by atoms with Crippen LogP contribution in [0.25, 0.3) is 0 Å². The van der Waals surface area contributed by atoms with Crippen molar-refractivity contribution in [3.05, 3.63) is 40.5 Å². The third kappa shape index (κ3) is 1.85. The molecule has 1 aromatic heterocycles. The van der Waals surface area contributed by atoms with Crippen molar-refractivity contribution in [1.82, 2.24) is 4.98 Å². The zero-order valence-electron chi connectivity index (χ0n) is 12.1. The van der Waals surface area contributed by atoms with Gasteiger partial charge < -0.3 is 9.31 Å². The van der Waals surface area contributed by atoms with Gasteiger partial charge in [-0.05, 0) is 29.7 Å². The van der Waals surface area contributed by atoms with Gasteiger partial charge in [-0.3, -0.25) is 4.81 Å². The topological polar surface area (TPSA) is 34.6 Å². The summed E-state index contributed by atoms with van der Waals surface area (Å²) in [6.07, 6.45) is 1.83. The summed E-state index contributed by atoms with van der Waals surface area (Å²) in [6.45, 7) is 6.50. The largest absolute Gasteiger partial charge is 0.744 e. The summed E-state index contributed by atoms with van der Waals surface area (Å²) < 4.78 is 12.9. The van der Waals surface area contributed by atoms with E-state index in [2.05, 4.69) is 41.7 Å². The lowest BCUT2D eigenvalue weighted by Gasteiger charge is -2.21. The van der Waals surface area contributed by atoms with Gasteiger partial charge in [-0.25, -0.2) is 4.98 Å². The van der Waals surface area contributed by atoms with E-state index in [-0.39, 0.29) is 5.41 Å². The van der Waals surface area contributed by atoms with E-state index in [1.54, 1.807) is 0 Å². The average molecular weight is 345 g/mol. The van der Waals surface area contributed by atoms with Crippen molar-refractivity contribution in [3.63, 3.8) is 0 Å². The van der Waals surface area contributed by atoms with Crippen LogP contribution < -0.4 is 14.1 Å². The minimum Gasteiger partial charge on any atom is -0.505 e. The van der Waals surface area contributed by atoms with Gasteiger partial charge in [0, 0.05) is 16.2 Å².